The molecule has 0 bridgehead atoms. The second-order valence-electron chi connectivity index (χ2n) is 6.89. The van der Waals surface area contributed by atoms with E-state index in [1.165, 1.54) is 13.0 Å². The summed E-state index contributed by atoms with van der Waals surface area (Å²) in [7, 11) is 1.81. The highest BCUT2D eigenvalue weighted by molar-refractivity contribution is 5.92. The number of carbonyl (C=O) groups is 1. The van der Waals surface area contributed by atoms with Crippen molar-refractivity contribution in [1.29, 1.82) is 0 Å². The molecule has 2 aliphatic rings. The molecule has 6 heteroatoms. The van der Waals surface area contributed by atoms with Crippen LogP contribution >= 0.6 is 0 Å². The summed E-state index contributed by atoms with van der Waals surface area (Å²) in [4.78, 5) is 14.6. The highest BCUT2D eigenvalue weighted by Crippen LogP contribution is 2.38. The van der Waals surface area contributed by atoms with E-state index in [9.17, 15) is 4.79 Å². The second kappa shape index (κ2) is 7.01. The number of carbonyl (C=O) groups excluding carboxylic acids is 1. The number of likely N-dealkylation sites (tertiary alicyclic amines) is 1. The number of nitrogens with zero attached hydrogens (tertiary/aromatic N) is 3. The van der Waals surface area contributed by atoms with Gasteiger partial charge in [0.15, 0.2) is 0 Å². The summed E-state index contributed by atoms with van der Waals surface area (Å²) in [5.74, 6) is -0.118. The predicted molar refractivity (Wildman–Crippen MR) is 88.3 cm³/mol. The third kappa shape index (κ3) is 3.93. The van der Waals surface area contributed by atoms with E-state index < -0.39 is 0 Å². The van der Waals surface area contributed by atoms with Gasteiger partial charge >= 0.3 is 0 Å². The van der Waals surface area contributed by atoms with Crippen molar-refractivity contribution in [1.82, 2.24) is 20.0 Å². The average Bonchev–Trinajstić information content (AvgIpc) is 3.15. The molecule has 1 aromatic heterocycles. The number of ether oxygens (including phenoxy) is 1. The summed E-state index contributed by atoms with van der Waals surface area (Å²) in [6.45, 7) is 6.29. The summed E-state index contributed by atoms with van der Waals surface area (Å²) >= 11 is 0. The number of rotatable bonds is 5. The minimum Gasteiger partial charge on any atom is -0.370 e. The van der Waals surface area contributed by atoms with Gasteiger partial charge in [0.05, 0.1) is 11.7 Å². The second-order valence-corrected chi connectivity index (χ2v) is 6.89. The molecule has 0 aliphatic carbocycles. The van der Waals surface area contributed by atoms with Crippen molar-refractivity contribution in [3.05, 3.63) is 18.0 Å². The van der Waals surface area contributed by atoms with Crippen LogP contribution in [0.1, 0.15) is 49.5 Å². The van der Waals surface area contributed by atoms with Crippen molar-refractivity contribution in [3.63, 3.8) is 0 Å². The van der Waals surface area contributed by atoms with Crippen LogP contribution < -0.4 is 5.32 Å². The maximum Gasteiger partial charge on any atom is 0.271 e. The summed E-state index contributed by atoms with van der Waals surface area (Å²) in [6, 6.07) is 1.73. The molecule has 2 fully saturated rings. The lowest BCUT2D eigenvalue weighted by atomic mass is 9.88. The zero-order chi connectivity index (χ0) is 16.3. The Balaban J connectivity index is 1.44. The molecule has 1 amide bonds. The number of piperidine rings is 1. The molecule has 2 saturated heterocycles. The SMILES string of the molecule is CCCN1CCC2(CCC(CNC(=O)c3ccn(C)n3)O2)CC1. The third-order valence-electron chi connectivity index (χ3n) is 5.08. The molecule has 3 heterocycles. The Hall–Kier alpha value is -1.40. The molecule has 6 nitrogen and oxygen atoms in total. The molecule has 1 aromatic rings. The van der Waals surface area contributed by atoms with Gasteiger partial charge in [-0.2, -0.15) is 5.10 Å². The molecule has 1 atom stereocenters. The van der Waals surface area contributed by atoms with Crippen molar-refractivity contribution >= 4 is 5.91 Å². The quantitative estimate of drug-likeness (QED) is 0.895. The molecule has 2 aliphatic heterocycles. The van der Waals surface area contributed by atoms with Crippen LogP contribution in [0.15, 0.2) is 12.3 Å². The van der Waals surface area contributed by atoms with E-state index in [0.717, 1.165) is 38.8 Å². The van der Waals surface area contributed by atoms with Crippen molar-refractivity contribution < 1.29 is 9.53 Å². The van der Waals surface area contributed by atoms with E-state index >= 15 is 0 Å². The van der Waals surface area contributed by atoms with Crippen LogP contribution in [-0.2, 0) is 11.8 Å². The molecule has 1 spiro atoms. The highest BCUT2D eigenvalue weighted by atomic mass is 16.5. The van der Waals surface area contributed by atoms with Crippen molar-refractivity contribution in [2.75, 3.05) is 26.2 Å². The fourth-order valence-electron chi connectivity index (χ4n) is 3.74. The number of hydrogen-bond acceptors (Lipinski definition) is 4. The van der Waals surface area contributed by atoms with Crippen LogP contribution in [0.2, 0.25) is 0 Å². The van der Waals surface area contributed by atoms with Crippen LogP contribution in [0.5, 0.6) is 0 Å². The third-order valence-corrected chi connectivity index (χ3v) is 5.08. The summed E-state index contributed by atoms with van der Waals surface area (Å²) in [5, 5.41) is 7.08. The predicted octanol–water partition coefficient (Wildman–Crippen LogP) is 1.57. The molecule has 128 valence electrons. The molecule has 3 rings (SSSR count). The maximum absolute atomic E-state index is 12.0. The first-order chi connectivity index (χ1) is 11.1. The molecule has 1 N–H and O–H groups in total. The first-order valence-electron chi connectivity index (χ1n) is 8.78. The van der Waals surface area contributed by atoms with Gasteiger partial charge in [-0.15, -0.1) is 0 Å². The van der Waals surface area contributed by atoms with Gasteiger partial charge in [0.25, 0.3) is 5.91 Å². The smallest absolute Gasteiger partial charge is 0.271 e. The Bertz CT molecular complexity index is 534. The Morgan fingerprint density at radius 1 is 1.43 bits per heavy atom. The lowest BCUT2D eigenvalue weighted by Crippen LogP contribution is -2.45. The van der Waals surface area contributed by atoms with E-state index in [0.29, 0.717) is 12.2 Å². The van der Waals surface area contributed by atoms with E-state index in [1.807, 2.05) is 7.05 Å². The van der Waals surface area contributed by atoms with Gasteiger partial charge in [-0.3, -0.25) is 9.48 Å². The van der Waals surface area contributed by atoms with Crippen LogP contribution in [-0.4, -0.2) is 58.5 Å². The Morgan fingerprint density at radius 3 is 2.87 bits per heavy atom. The van der Waals surface area contributed by atoms with E-state index in [-0.39, 0.29) is 17.6 Å². The fourth-order valence-corrected chi connectivity index (χ4v) is 3.74. The molecule has 0 saturated carbocycles. The van der Waals surface area contributed by atoms with Gasteiger partial charge in [0, 0.05) is 32.9 Å². The van der Waals surface area contributed by atoms with E-state index in [4.69, 9.17) is 4.74 Å². The summed E-state index contributed by atoms with van der Waals surface area (Å²) < 4.78 is 7.98. The van der Waals surface area contributed by atoms with Crippen molar-refractivity contribution in [3.8, 4) is 0 Å². The van der Waals surface area contributed by atoms with Gasteiger partial charge in [-0.05, 0) is 44.7 Å². The number of aryl methyl sites for hydroxylation is 1. The van der Waals surface area contributed by atoms with Crippen LogP contribution in [0.4, 0.5) is 0 Å². The van der Waals surface area contributed by atoms with Crippen molar-refractivity contribution in [2.24, 2.45) is 7.05 Å². The average molecular weight is 320 g/mol. The minimum atomic E-state index is -0.118. The lowest BCUT2D eigenvalue weighted by Gasteiger charge is -2.39. The molecule has 0 aromatic carbocycles. The van der Waals surface area contributed by atoms with Gasteiger partial charge in [0.2, 0.25) is 0 Å². The monoisotopic (exact) mass is 320 g/mol. The number of aromatic nitrogens is 2. The van der Waals surface area contributed by atoms with Gasteiger partial charge in [0.1, 0.15) is 5.69 Å². The standard InChI is InChI=1S/C17H28N4O2/c1-3-9-21-11-7-17(8-12-21)6-4-14(23-17)13-18-16(22)15-5-10-20(2)19-15/h5,10,14H,3-4,6-9,11-13H2,1-2H3,(H,18,22). The molecular weight excluding hydrogens is 292 g/mol. The van der Waals surface area contributed by atoms with Gasteiger partial charge in [-0.1, -0.05) is 6.92 Å². The molecule has 23 heavy (non-hydrogen) atoms. The number of hydrogen-bond donors (Lipinski definition) is 1. The fraction of sp³-hybridized carbons (Fsp3) is 0.765. The summed E-state index contributed by atoms with van der Waals surface area (Å²) in [6.07, 6.45) is 7.54. The Kier molecular flexibility index (Phi) is 5.02. The zero-order valence-corrected chi connectivity index (χ0v) is 14.3. The number of amides is 1. The normalized spacial score (nSPS) is 24.2. The number of nitrogens with one attached hydrogen (secondary N) is 1. The molecule has 1 unspecified atom stereocenters. The first-order valence-corrected chi connectivity index (χ1v) is 8.78. The Labute approximate surface area is 138 Å². The topological polar surface area (TPSA) is 59.4 Å². The Morgan fingerprint density at radius 2 is 2.22 bits per heavy atom. The molecule has 0 radical (unpaired) electrons. The maximum atomic E-state index is 12.0. The van der Waals surface area contributed by atoms with Crippen LogP contribution in [0.3, 0.4) is 0 Å². The van der Waals surface area contributed by atoms with Crippen LogP contribution in [0, 0.1) is 0 Å². The largest absolute Gasteiger partial charge is 0.370 e. The first kappa shape index (κ1) is 16.5. The van der Waals surface area contributed by atoms with Gasteiger partial charge < -0.3 is 15.0 Å². The van der Waals surface area contributed by atoms with E-state index in [1.54, 1.807) is 16.9 Å². The zero-order valence-electron chi connectivity index (χ0n) is 14.3. The van der Waals surface area contributed by atoms with Gasteiger partial charge in [-0.25, -0.2) is 0 Å². The highest BCUT2D eigenvalue weighted by Gasteiger charge is 2.42. The minimum absolute atomic E-state index is 0.0602. The van der Waals surface area contributed by atoms with E-state index in [2.05, 4.69) is 22.2 Å². The van der Waals surface area contributed by atoms with Crippen molar-refractivity contribution in [2.45, 2.75) is 50.7 Å². The lowest BCUT2D eigenvalue weighted by molar-refractivity contribution is -0.0753. The van der Waals surface area contributed by atoms with Crippen LogP contribution in [0.25, 0.3) is 0 Å². The summed E-state index contributed by atoms with van der Waals surface area (Å²) in [5.41, 5.74) is 0.526. The molecular formula is C17H28N4O2.